The van der Waals surface area contributed by atoms with Crippen LogP contribution in [0.15, 0.2) is 72.8 Å². The highest BCUT2D eigenvalue weighted by Gasteiger charge is 2.15. The molecule has 0 aliphatic carbocycles. The van der Waals surface area contributed by atoms with Crippen molar-refractivity contribution >= 4 is 46.5 Å². The predicted octanol–water partition coefficient (Wildman–Crippen LogP) is 6.88. The number of benzene rings is 3. The molecule has 0 aliphatic heterocycles. The number of hydrogen-bond acceptors (Lipinski definition) is 1. The predicted molar refractivity (Wildman–Crippen MR) is 113 cm³/mol. The average molecular weight is 420 g/mol. The van der Waals surface area contributed by atoms with Crippen molar-refractivity contribution in [1.82, 2.24) is 4.90 Å². The van der Waals surface area contributed by atoms with Gasteiger partial charge in [0.05, 0.1) is 10.0 Å². The Balaban J connectivity index is 1.79. The molecule has 2 amide bonds. The van der Waals surface area contributed by atoms with E-state index in [2.05, 4.69) is 5.32 Å². The molecule has 0 saturated carbocycles. The van der Waals surface area contributed by atoms with Crippen molar-refractivity contribution in [3.05, 3.63) is 99.0 Å². The Morgan fingerprint density at radius 2 is 1.41 bits per heavy atom. The molecule has 3 rings (SSSR count). The summed E-state index contributed by atoms with van der Waals surface area (Å²) >= 11 is 17.9. The molecular weight excluding hydrogens is 403 g/mol. The maximum absolute atomic E-state index is 12.9. The van der Waals surface area contributed by atoms with E-state index in [1.807, 2.05) is 54.6 Å². The maximum atomic E-state index is 12.9. The van der Waals surface area contributed by atoms with Crippen molar-refractivity contribution in [3.63, 3.8) is 0 Å². The van der Waals surface area contributed by atoms with Crippen LogP contribution >= 0.6 is 34.8 Å². The summed E-state index contributed by atoms with van der Waals surface area (Å²) in [7, 11) is 0. The van der Waals surface area contributed by atoms with E-state index in [1.54, 1.807) is 23.1 Å². The number of nitrogens with zero attached hydrogens (tertiary/aromatic N) is 1. The van der Waals surface area contributed by atoms with Gasteiger partial charge in [-0.2, -0.15) is 0 Å². The van der Waals surface area contributed by atoms with Gasteiger partial charge < -0.3 is 10.2 Å². The number of carbonyl (C=O) groups excluding carboxylic acids is 1. The van der Waals surface area contributed by atoms with E-state index < -0.39 is 0 Å². The van der Waals surface area contributed by atoms with Gasteiger partial charge in [-0.15, -0.1) is 0 Å². The molecule has 3 aromatic rings. The van der Waals surface area contributed by atoms with Gasteiger partial charge in [-0.3, -0.25) is 0 Å². The Bertz CT molecular complexity index is 914. The molecule has 0 saturated heterocycles. The summed E-state index contributed by atoms with van der Waals surface area (Å²) in [5.74, 6) is 0. The molecule has 0 radical (unpaired) electrons. The smallest absolute Gasteiger partial charge is 0.316 e. The highest BCUT2D eigenvalue weighted by Crippen LogP contribution is 2.25. The van der Waals surface area contributed by atoms with E-state index in [4.69, 9.17) is 34.8 Å². The fraction of sp³-hybridized carbons (Fsp3) is 0.0952. The third kappa shape index (κ3) is 5.64. The van der Waals surface area contributed by atoms with E-state index in [0.29, 0.717) is 33.8 Å². The minimum atomic E-state index is -0.229. The SMILES string of the molecule is O=C(Nc1ccc(Cl)c(Cl)c1)N(Cc1ccccc1)Cc1ccc(Cl)cc1. The average Bonchev–Trinajstić information content (AvgIpc) is 2.67. The van der Waals surface area contributed by atoms with Gasteiger partial charge in [0.2, 0.25) is 0 Å². The summed E-state index contributed by atoms with van der Waals surface area (Å²) in [5, 5.41) is 4.37. The lowest BCUT2D eigenvalue weighted by molar-refractivity contribution is 0.206. The lowest BCUT2D eigenvalue weighted by Gasteiger charge is -2.23. The third-order valence-electron chi connectivity index (χ3n) is 3.96. The topological polar surface area (TPSA) is 32.3 Å². The Labute approximate surface area is 173 Å². The van der Waals surface area contributed by atoms with E-state index in [1.165, 1.54) is 0 Å². The van der Waals surface area contributed by atoms with Crippen LogP contribution in [0.2, 0.25) is 15.1 Å². The Morgan fingerprint density at radius 1 is 0.778 bits per heavy atom. The van der Waals surface area contributed by atoms with Crippen molar-refractivity contribution < 1.29 is 4.79 Å². The van der Waals surface area contributed by atoms with Gasteiger partial charge in [0.25, 0.3) is 0 Å². The number of amides is 2. The minimum Gasteiger partial charge on any atom is -0.316 e. The van der Waals surface area contributed by atoms with Crippen LogP contribution in [0.1, 0.15) is 11.1 Å². The normalized spacial score (nSPS) is 10.5. The van der Waals surface area contributed by atoms with Crippen LogP contribution in [0.4, 0.5) is 10.5 Å². The fourth-order valence-electron chi connectivity index (χ4n) is 2.59. The van der Waals surface area contributed by atoms with Crippen LogP contribution in [0, 0.1) is 0 Å². The number of hydrogen-bond donors (Lipinski definition) is 1. The molecule has 0 spiro atoms. The number of urea groups is 1. The fourth-order valence-corrected chi connectivity index (χ4v) is 3.01. The van der Waals surface area contributed by atoms with Crippen LogP contribution in [0.25, 0.3) is 0 Å². The van der Waals surface area contributed by atoms with Gasteiger partial charge >= 0.3 is 6.03 Å². The Kier molecular flexibility index (Phi) is 6.62. The standard InChI is InChI=1S/C21H17Cl3N2O/c22-17-8-6-16(7-9-17)14-26(13-15-4-2-1-3-5-15)21(27)25-18-10-11-19(23)20(24)12-18/h1-12H,13-14H2,(H,25,27). The molecule has 0 atom stereocenters. The van der Waals surface area contributed by atoms with E-state index in [9.17, 15) is 4.79 Å². The van der Waals surface area contributed by atoms with Crippen molar-refractivity contribution in [3.8, 4) is 0 Å². The number of carbonyl (C=O) groups is 1. The van der Waals surface area contributed by atoms with Gasteiger partial charge in [0.15, 0.2) is 0 Å². The summed E-state index contributed by atoms with van der Waals surface area (Å²) < 4.78 is 0. The van der Waals surface area contributed by atoms with Crippen molar-refractivity contribution in [1.29, 1.82) is 0 Å². The summed E-state index contributed by atoms with van der Waals surface area (Å²) in [6.07, 6.45) is 0. The van der Waals surface area contributed by atoms with Crippen molar-refractivity contribution in [2.45, 2.75) is 13.1 Å². The molecule has 27 heavy (non-hydrogen) atoms. The first-order valence-corrected chi connectivity index (χ1v) is 9.44. The second-order valence-corrected chi connectivity index (χ2v) is 7.28. The number of anilines is 1. The molecule has 0 fully saturated rings. The van der Waals surface area contributed by atoms with Gasteiger partial charge in [0, 0.05) is 23.8 Å². The maximum Gasteiger partial charge on any atom is 0.322 e. The summed E-state index contributed by atoms with van der Waals surface area (Å²) in [6.45, 7) is 0.913. The minimum absolute atomic E-state index is 0.229. The molecule has 0 aromatic heterocycles. The van der Waals surface area contributed by atoms with Gasteiger partial charge in [-0.25, -0.2) is 4.79 Å². The molecule has 3 aromatic carbocycles. The molecular formula is C21H17Cl3N2O. The summed E-state index contributed by atoms with van der Waals surface area (Å²) in [4.78, 5) is 14.6. The van der Waals surface area contributed by atoms with E-state index in [0.717, 1.165) is 11.1 Å². The Hall–Kier alpha value is -2.20. The van der Waals surface area contributed by atoms with Gasteiger partial charge in [0.1, 0.15) is 0 Å². The Morgan fingerprint density at radius 3 is 2.04 bits per heavy atom. The molecule has 1 N–H and O–H groups in total. The number of halogens is 3. The molecule has 138 valence electrons. The molecule has 0 bridgehead atoms. The van der Waals surface area contributed by atoms with Crippen LogP contribution in [-0.4, -0.2) is 10.9 Å². The first kappa shape index (κ1) is 19.6. The van der Waals surface area contributed by atoms with Crippen LogP contribution < -0.4 is 5.32 Å². The van der Waals surface area contributed by atoms with Crippen molar-refractivity contribution in [2.24, 2.45) is 0 Å². The number of nitrogens with one attached hydrogen (secondary N) is 1. The second kappa shape index (κ2) is 9.14. The highest BCUT2D eigenvalue weighted by atomic mass is 35.5. The molecule has 6 heteroatoms. The monoisotopic (exact) mass is 418 g/mol. The molecule has 0 unspecified atom stereocenters. The highest BCUT2D eigenvalue weighted by molar-refractivity contribution is 6.42. The second-order valence-electron chi connectivity index (χ2n) is 6.03. The molecule has 0 aliphatic rings. The lowest BCUT2D eigenvalue weighted by atomic mass is 10.2. The first-order valence-electron chi connectivity index (χ1n) is 8.30. The first-order chi connectivity index (χ1) is 13.0. The third-order valence-corrected chi connectivity index (χ3v) is 4.95. The summed E-state index contributed by atoms with van der Waals surface area (Å²) in [5.41, 5.74) is 2.61. The zero-order valence-electron chi connectivity index (χ0n) is 14.3. The van der Waals surface area contributed by atoms with Crippen molar-refractivity contribution in [2.75, 3.05) is 5.32 Å². The van der Waals surface area contributed by atoms with Crippen LogP contribution in [0.5, 0.6) is 0 Å². The zero-order valence-corrected chi connectivity index (χ0v) is 16.6. The van der Waals surface area contributed by atoms with Gasteiger partial charge in [-0.1, -0.05) is 77.3 Å². The van der Waals surface area contributed by atoms with E-state index >= 15 is 0 Å². The van der Waals surface area contributed by atoms with Crippen LogP contribution in [0.3, 0.4) is 0 Å². The van der Waals surface area contributed by atoms with E-state index in [-0.39, 0.29) is 6.03 Å². The molecule has 0 heterocycles. The quantitative estimate of drug-likeness (QED) is 0.480. The van der Waals surface area contributed by atoms with Crippen LogP contribution in [-0.2, 0) is 13.1 Å². The van der Waals surface area contributed by atoms with Gasteiger partial charge in [-0.05, 0) is 41.5 Å². The zero-order chi connectivity index (χ0) is 19.2. The summed E-state index contributed by atoms with van der Waals surface area (Å²) in [6, 6.07) is 22.0. The molecule has 3 nitrogen and oxygen atoms in total. The largest absolute Gasteiger partial charge is 0.322 e. The number of rotatable bonds is 5. The lowest BCUT2D eigenvalue weighted by Crippen LogP contribution is -2.34.